The molecule has 2 heterocycles. The van der Waals surface area contributed by atoms with Crippen molar-refractivity contribution < 1.29 is 0 Å². The minimum Gasteiger partial charge on any atom is -0.246 e. The highest BCUT2D eigenvalue weighted by molar-refractivity contribution is 7.98. The zero-order valence-corrected chi connectivity index (χ0v) is 13.5. The van der Waals surface area contributed by atoms with Crippen molar-refractivity contribution in [2.75, 3.05) is 0 Å². The monoisotopic (exact) mass is 313 g/mol. The highest BCUT2D eigenvalue weighted by Gasteiger charge is 2.04. The van der Waals surface area contributed by atoms with Gasteiger partial charge in [0.25, 0.3) is 0 Å². The van der Waals surface area contributed by atoms with Crippen LogP contribution in [0.2, 0.25) is 0 Å². The second kappa shape index (κ2) is 6.37. The lowest BCUT2D eigenvalue weighted by Crippen LogP contribution is -1.90. The Labute approximate surface area is 132 Å². The highest BCUT2D eigenvalue weighted by atomic mass is 32.2. The van der Waals surface area contributed by atoms with Crippen molar-refractivity contribution in [3.05, 3.63) is 58.0 Å². The van der Waals surface area contributed by atoms with E-state index in [1.807, 2.05) is 19.1 Å². The molecule has 0 amide bonds. The Bertz CT molecular complexity index is 718. The van der Waals surface area contributed by atoms with Crippen molar-refractivity contribution >= 4 is 23.1 Å². The van der Waals surface area contributed by atoms with Crippen LogP contribution in [0.3, 0.4) is 0 Å². The number of hydrogen-bond acceptors (Lipinski definition) is 5. The maximum absolute atomic E-state index is 4.45. The fourth-order valence-electron chi connectivity index (χ4n) is 1.90. The van der Waals surface area contributed by atoms with Crippen molar-refractivity contribution in [3.63, 3.8) is 0 Å². The SMILES string of the molecule is Cc1ccc(-c2ccc(SCc3csc(C)n3)nn2)cc1. The van der Waals surface area contributed by atoms with Gasteiger partial charge in [0.1, 0.15) is 5.03 Å². The topological polar surface area (TPSA) is 38.7 Å². The molecular formula is C16H15N3S2. The van der Waals surface area contributed by atoms with E-state index < -0.39 is 0 Å². The Morgan fingerprint density at radius 2 is 1.81 bits per heavy atom. The minimum absolute atomic E-state index is 0.836. The van der Waals surface area contributed by atoms with Crippen LogP contribution in [-0.4, -0.2) is 15.2 Å². The molecule has 0 aliphatic carbocycles. The Balaban J connectivity index is 1.67. The van der Waals surface area contributed by atoms with Gasteiger partial charge in [-0.1, -0.05) is 41.6 Å². The smallest absolute Gasteiger partial charge is 0.119 e. The van der Waals surface area contributed by atoms with Gasteiger partial charge in [-0.05, 0) is 26.0 Å². The number of aryl methyl sites for hydroxylation is 2. The van der Waals surface area contributed by atoms with Crippen LogP contribution in [0, 0.1) is 13.8 Å². The average Bonchev–Trinajstić information content (AvgIpc) is 2.92. The molecule has 3 rings (SSSR count). The summed E-state index contributed by atoms with van der Waals surface area (Å²) in [4.78, 5) is 4.45. The molecule has 1 aromatic carbocycles. The van der Waals surface area contributed by atoms with Gasteiger partial charge in [0, 0.05) is 16.7 Å². The summed E-state index contributed by atoms with van der Waals surface area (Å²) in [6, 6.07) is 12.4. The third-order valence-electron chi connectivity index (χ3n) is 3.02. The van der Waals surface area contributed by atoms with Crippen molar-refractivity contribution in [2.24, 2.45) is 0 Å². The third-order valence-corrected chi connectivity index (χ3v) is 4.80. The molecule has 0 saturated heterocycles. The van der Waals surface area contributed by atoms with Crippen LogP contribution in [0.25, 0.3) is 11.3 Å². The van der Waals surface area contributed by atoms with E-state index in [1.165, 1.54) is 5.56 Å². The van der Waals surface area contributed by atoms with Gasteiger partial charge in [0.2, 0.25) is 0 Å². The van der Waals surface area contributed by atoms with Gasteiger partial charge in [-0.25, -0.2) is 4.98 Å². The summed E-state index contributed by atoms with van der Waals surface area (Å²) in [7, 11) is 0. The summed E-state index contributed by atoms with van der Waals surface area (Å²) in [5.41, 5.74) is 4.35. The minimum atomic E-state index is 0.836. The first-order valence-electron chi connectivity index (χ1n) is 6.65. The Hall–Kier alpha value is -1.72. The molecule has 0 unspecified atom stereocenters. The molecule has 0 atom stereocenters. The van der Waals surface area contributed by atoms with Gasteiger partial charge in [-0.15, -0.1) is 21.5 Å². The van der Waals surface area contributed by atoms with Gasteiger partial charge in [-0.2, -0.15) is 0 Å². The predicted octanol–water partition coefficient (Wildman–Crippen LogP) is 4.51. The van der Waals surface area contributed by atoms with Gasteiger partial charge < -0.3 is 0 Å². The van der Waals surface area contributed by atoms with E-state index in [0.717, 1.165) is 32.7 Å². The summed E-state index contributed by atoms with van der Waals surface area (Å²) in [6.07, 6.45) is 0. The molecule has 21 heavy (non-hydrogen) atoms. The lowest BCUT2D eigenvalue weighted by molar-refractivity contribution is 0.934. The van der Waals surface area contributed by atoms with Gasteiger partial charge in [-0.3, -0.25) is 0 Å². The van der Waals surface area contributed by atoms with E-state index >= 15 is 0 Å². The zero-order valence-electron chi connectivity index (χ0n) is 11.9. The number of nitrogens with zero attached hydrogens (tertiary/aromatic N) is 3. The number of aromatic nitrogens is 3. The first-order chi connectivity index (χ1) is 10.2. The largest absolute Gasteiger partial charge is 0.246 e. The molecule has 0 bridgehead atoms. The van der Waals surface area contributed by atoms with Gasteiger partial charge in [0.05, 0.1) is 16.4 Å². The molecule has 5 heteroatoms. The van der Waals surface area contributed by atoms with E-state index in [9.17, 15) is 0 Å². The molecule has 106 valence electrons. The average molecular weight is 313 g/mol. The van der Waals surface area contributed by atoms with Crippen LogP contribution >= 0.6 is 23.1 Å². The fraction of sp³-hybridized carbons (Fsp3) is 0.188. The van der Waals surface area contributed by atoms with Crippen LogP contribution < -0.4 is 0 Å². The maximum Gasteiger partial charge on any atom is 0.119 e. The molecule has 0 aliphatic rings. The summed E-state index contributed by atoms with van der Waals surface area (Å²) in [5, 5.41) is 12.7. The Morgan fingerprint density at radius 3 is 2.43 bits per heavy atom. The standard InChI is InChI=1S/C16H15N3S2/c1-11-3-5-13(6-4-11)15-7-8-16(19-18-15)21-10-14-9-20-12(2)17-14/h3-9H,10H2,1-2H3. The quantitative estimate of drug-likeness (QED) is 0.664. The third kappa shape index (κ3) is 3.68. The molecule has 3 nitrogen and oxygen atoms in total. The summed E-state index contributed by atoms with van der Waals surface area (Å²) >= 11 is 3.34. The van der Waals surface area contributed by atoms with Gasteiger partial charge >= 0.3 is 0 Å². The second-order valence-electron chi connectivity index (χ2n) is 4.77. The van der Waals surface area contributed by atoms with E-state index in [0.29, 0.717) is 0 Å². The second-order valence-corrected chi connectivity index (χ2v) is 6.83. The number of benzene rings is 1. The van der Waals surface area contributed by atoms with Crippen LogP contribution in [0.4, 0.5) is 0 Å². The summed E-state index contributed by atoms with van der Waals surface area (Å²) < 4.78 is 0. The molecule has 0 aliphatic heterocycles. The summed E-state index contributed by atoms with van der Waals surface area (Å²) in [5.74, 6) is 0.836. The molecule has 2 aromatic heterocycles. The molecule has 0 N–H and O–H groups in total. The van der Waals surface area contributed by atoms with Gasteiger partial charge in [0.15, 0.2) is 0 Å². The number of thiazole rings is 1. The fourth-order valence-corrected chi connectivity index (χ4v) is 3.32. The zero-order chi connectivity index (χ0) is 14.7. The molecular weight excluding hydrogens is 298 g/mol. The van der Waals surface area contributed by atoms with E-state index in [4.69, 9.17) is 0 Å². The first-order valence-corrected chi connectivity index (χ1v) is 8.52. The van der Waals surface area contributed by atoms with Crippen molar-refractivity contribution in [3.8, 4) is 11.3 Å². The van der Waals surface area contributed by atoms with Crippen LogP contribution in [-0.2, 0) is 5.75 Å². The molecule has 0 radical (unpaired) electrons. The summed E-state index contributed by atoms with van der Waals surface area (Å²) in [6.45, 7) is 4.10. The normalized spacial score (nSPS) is 10.8. The lowest BCUT2D eigenvalue weighted by atomic mass is 10.1. The molecule has 0 spiro atoms. The molecule has 0 fully saturated rings. The van der Waals surface area contributed by atoms with Crippen molar-refractivity contribution in [1.29, 1.82) is 0 Å². The van der Waals surface area contributed by atoms with E-state index in [-0.39, 0.29) is 0 Å². The Kier molecular flexibility index (Phi) is 4.31. The van der Waals surface area contributed by atoms with Crippen molar-refractivity contribution in [2.45, 2.75) is 24.6 Å². The van der Waals surface area contributed by atoms with Crippen LogP contribution in [0.1, 0.15) is 16.3 Å². The van der Waals surface area contributed by atoms with E-state index in [1.54, 1.807) is 23.1 Å². The Morgan fingerprint density at radius 1 is 1.00 bits per heavy atom. The predicted molar refractivity (Wildman–Crippen MR) is 88.6 cm³/mol. The highest BCUT2D eigenvalue weighted by Crippen LogP contribution is 2.23. The lowest BCUT2D eigenvalue weighted by Gasteiger charge is -2.02. The number of rotatable bonds is 4. The molecule has 0 saturated carbocycles. The number of thioether (sulfide) groups is 1. The van der Waals surface area contributed by atoms with Crippen LogP contribution in [0.5, 0.6) is 0 Å². The number of hydrogen-bond donors (Lipinski definition) is 0. The maximum atomic E-state index is 4.45. The van der Waals surface area contributed by atoms with E-state index in [2.05, 4.69) is 51.8 Å². The van der Waals surface area contributed by atoms with Crippen molar-refractivity contribution in [1.82, 2.24) is 15.2 Å². The first kappa shape index (κ1) is 14.2. The molecule has 3 aromatic rings. The van der Waals surface area contributed by atoms with Crippen LogP contribution in [0.15, 0.2) is 46.8 Å².